The largest absolute Gasteiger partial charge is 0.336 e. The minimum absolute atomic E-state index is 0.227. The normalized spacial score (nSPS) is 15.2. The van der Waals surface area contributed by atoms with Crippen LogP contribution in [0.15, 0.2) is 24.3 Å². The van der Waals surface area contributed by atoms with Crippen molar-refractivity contribution in [3.63, 3.8) is 0 Å². The number of nitrogens with one attached hydrogen (secondary N) is 1. The van der Waals surface area contributed by atoms with Crippen LogP contribution in [0.3, 0.4) is 0 Å². The zero-order valence-electron chi connectivity index (χ0n) is 10.1. The first-order valence-corrected chi connectivity index (χ1v) is 5.79. The van der Waals surface area contributed by atoms with Gasteiger partial charge in [0.2, 0.25) is 0 Å². The van der Waals surface area contributed by atoms with Crippen LogP contribution < -0.4 is 5.32 Å². The number of nitrogens with zero attached hydrogens (tertiary/aromatic N) is 1. The van der Waals surface area contributed by atoms with Gasteiger partial charge in [-0.3, -0.25) is 9.69 Å². The first-order chi connectivity index (χ1) is 8.09. The van der Waals surface area contributed by atoms with Gasteiger partial charge >= 0.3 is 6.03 Å². The zero-order valence-corrected chi connectivity index (χ0v) is 10.1. The summed E-state index contributed by atoms with van der Waals surface area (Å²) in [7, 11) is 0. The van der Waals surface area contributed by atoms with E-state index in [0.717, 1.165) is 0 Å². The Kier molecular flexibility index (Phi) is 3.13. The molecule has 1 aliphatic rings. The van der Waals surface area contributed by atoms with Crippen LogP contribution in [0.25, 0.3) is 0 Å². The molecule has 0 radical (unpaired) electrons. The van der Waals surface area contributed by atoms with E-state index in [2.05, 4.69) is 19.2 Å². The van der Waals surface area contributed by atoms with Crippen molar-refractivity contribution in [3.8, 4) is 0 Å². The van der Waals surface area contributed by atoms with Gasteiger partial charge in [0.05, 0.1) is 0 Å². The van der Waals surface area contributed by atoms with Crippen molar-refractivity contribution >= 4 is 11.9 Å². The highest BCUT2D eigenvalue weighted by Crippen LogP contribution is 2.16. The molecule has 3 amide bonds. The van der Waals surface area contributed by atoms with E-state index in [9.17, 15) is 9.59 Å². The number of imide groups is 1. The molecule has 0 bridgehead atoms. The van der Waals surface area contributed by atoms with E-state index in [4.69, 9.17) is 0 Å². The summed E-state index contributed by atoms with van der Waals surface area (Å²) in [5, 5.41) is 2.62. The summed E-state index contributed by atoms with van der Waals surface area (Å²) in [5.41, 5.74) is 1.75. The third kappa shape index (κ3) is 2.30. The van der Waals surface area contributed by atoms with E-state index < -0.39 is 0 Å². The van der Waals surface area contributed by atoms with E-state index in [1.54, 1.807) is 12.1 Å². The highest BCUT2D eigenvalue weighted by atomic mass is 16.2. The van der Waals surface area contributed by atoms with Gasteiger partial charge in [0.25, 0.3) is 5.91 Å². The SMILES string of the molecule is CC(C)c1ccc(C(=O)N2CCNC2=O)cc1. The average molecular weight is 232 g/mol. The number of carbonyl (C=O) groups excluding carboxylic acids is 2. The number of benzene rings is 1. The standard InChI is InChI=1S/C13H16N2O2/c1-9(2)10-3-5-11(6-4-10)12(16)15-8-7-14-13(15)17/h3-6,9H,7-8H2,1-2H3,(H,14,17). The van der Waals surface area contributed by atoms with E-state index in [1.165, 1.54) is 10.5 Å². The summed E-state index contributed by atoms with van der Waals surface area (Å²) in [6, 6.07) is 7.13. The predicted molar refractivity (Wildman–Crippen MR) is 65.0 cm³/mol. The highest BCUT2D eigenvalue weighted by molar-refractivity contribution is 6.05. The lowest BCUT2D eigenvalue weighted by Gasteiger charge is -2.12. The van der Waals surface area contributed by atoms with E-state index in [-0.39, 0.29) is 11.9 Å². The summed E-state index contributed by atoms with van der Waals surface area (Å²) in [5.74, 6) is 0.213. The molecule has 1 heterocycles. The molecule has 90 valence electrons. The summed E-state index contributed by atoms with van der Waals surface area (Å²) in [6.07, 6.45) is 0. The molecular formula is C13H16N2O2. The lowest BCUT2D eigenvalue weighted by Crippen LogP contribution is -2.34. The zero-order chi connectivity index (χ0) is 12.4. The van der Waals surface area contributed by atoms with Gasteiger partial charge in [-0.25, -0.2) is 4.79 Å². The summed E-state index contributed by atoms with van der Waals surface area (Å²) in [6.45, 7) is 5.19. The van der Waals surface area contributed by atoms with Crippen molar-refractivity contribution in [1.82, 2.24) is 10.2 Å². The van der Waals surface area contributed by atoms with Crippen LogP contribution in [0.2, 0.25) is 0 Å². The average Bonchev–Trinajstić information content (AvgIpc) is 2.74. The smallest absolute Gasteiger partial charge is 0.324 e. The maximum absolute atomic E-state index is 12.0. The van der Waals surface area contributed by atoms with Gasteiger partial charge in [0.15, 0.2) is 0 Å². The van der Waals surface area contributed by atoms with Crippen LogP contribution in [0, 0.1) is 0 Å². The molecule has 4 heteroatoms. The van der Waals surface area contributed by atoms with Crippen molar-refractivity contribution in [2.45, 2.75) is 19.8 Å². The third-order valence-electron chi connectivity index (χ3n) is 2.93. The first-order valence-electron chi connectivity index (χ1n) is 5.79. The van der Waals surface area contributed by atoms with Gasteiger partial charge in [0.1, 0.15) is 0 Å². The minimum Gasteiger partial charge on any atom is -0.336 e. The van der Waals surface area contributed by atoms with Crippen molar-refractivity contribution in [2.24, 2.45) is 0 Å². The molecular weight excluding hydrogens is 216 g/mol. The topological polar surface area (TPSA) is 49.4 Å². The van der Waals surface area contributed by atoms with Crippen molar-refractivity contribution in [3.05, 3.63) is 35.4 Å². The third-order valence-corrected chi connectivity index (χ3v) is 2.93. The molecule has 0 saturated carbocycles. The van der Waals surface area contributed by atoms with Crippen molar-refractivity contribution in [1.29, 1.82) is 0 Å². The lowest BCUT2D eigenvalue weighted by atomic mass is 10.0. The number of hydrogen-bond donors (Lipinski definition) is 1. The molecule has 2 rings (SSSR count). The van der Waals surface area contributed by atoms with Crippen molar-refractivity contribution < 1.29 is 9.59 Å². The molecule has 0 atom stereocenters. The van der Waals surface area contributed by atoms with Gasteiger partial charge < -0.3 is 5.32 Å². The monoisotopic (exact) mass is 232 g/mol. The molecule has 1 aliphatic heterocycles. The number of rotatable bonds is 2. The fourth-order valence-corrected chi connectivity index (χ4v) is 1.83. The van der Waals surface area contributed by atoms with Crippen LogP contribution in [0.5, 0.6) is 0 Å². The molecule has 4 nitrogen and oxygen atoms in total. The molecule has 1 N–H and O–H groups in total. The second-order valence-electron chi connectivity index (χ2n) is 4.47. The Labute approximate surface area is 101 Å². The summed E-state index contributed by atoms with van der Waals surface area (Å²) >= 11 is 0. The molecule has 1 aromatic carbocycles. The summed E-state index contributed by atoms with van der Waals surface area (Å²) in [4.78, 5) is 24.6. The number of carbonyl (C=O) groups is 2. The van der Waals surface area contributed by atoms with Crippen LogP contribution in [-0.4, -0.2) is 29.9 Å². The molecule has 1 fully saturated rings. The van der Waals surface area contributed by atoms with Crippen LogP contribution in [0.1, 0.15) is 35.7 Å². The van der Waals surface area contributed by atoms with Crippen molar-refractivity contribution in [2.75, 3.05) is 13.1 Å². The maximum atomic E-state index is 12.0. The molecule has 0 spiro atoms. The summed E-state index contributed by atoms with van der Waals surface area (Å²) < 4.78 is 0. The van der Waals surface area contributed by atoms with Crippen LogP contribution in [-0.2, 0) is 0 Å². The van der Waals surface area contributed by atoms with Crippen LogP contribution in [0.4, 0.5) is 4.79 Å². The van der Waals surface area contributed by atoms with Gasteiger partial charge in [0, 0.05) is 18.7 Å². The van der Waals surface area contributed by atoms with Gasteiger partial charge in [-0.1, -0.05) is 26.0 Å². The van der Waals surface area contributed by atoms with E-state index in [0.29, 0.717) is 24.6 Å². The second kappa shape index (κ2) is 4.57. The fourth-order valence-electron chi connectivity index (χ4n) is 1.83. The van der Waals surface area contributed by atoms with Gasteiger partial charge in [-0.15, -0.1) is 0 Å². The predicted octanol–water partition coefficient (Wildman–Crippen LogP) is 1.98. The Morgan fingerprint density at radius 3 is 2.41 bits per heavy atom. The molecule has 0 aromatic heterocycles. The Hall–Kier alpha value is -1.84. The second-order valence-corrected chi connectivity index (χ2v) is 4.47. The molecule has 1 saturated heterocycles. The lowest BCUT2D eigenvalue weighted by molar-refractivity contribution is 0.0829. The highest BCUT2D eigenvalue weighted by Gasteiger charge is 2.26. The van der Waals surface area contributed by atoms with E-state index in [1.807, 2.05) is 12.1 Å². The Morgan fingerprint density at radius 2 is 1.94 bits per heavy atom. The Morgan fingerprint density at radius 1 is 1.29 bits per heavy atom. The fraction of sp³-hybridized carbons (Fsp3) is 0.385. The first kappa shape index (κ1) is 11.6. The molecule has 0 aliphatic carbocycles. The number of amides is 3. The number of hydrogen-bond acceptors (Lipinski definition) is 2. The minimum atomic E-state index is -0.303. The van der Waals surface area contributed by atoms with E-state index >= 15 is 0 Å². The molecule has 1 aromatic rings. The maximum Gasteiger partial charge on any atom is 0.324 e. The number of urea groups is 1. The van der Waals surface area contributed by atoms with Gasteiger partial charge in [-0.2, -0.15) is 0 Å². The molecule has 0 unspecified atom stereocenters. The Bertz CT molecular complexity index is 437. The quantitative estimate of drug-likeness (QED) is 0.847. The van der Waals surface area contributed by atoms with Crippen LogP contribution >= 0.6 is 0 Å². The Balaban J connectivity index is 2.17. The van der Waals surface area contributed by atoms with Gasteiger partial charge in [-0.05, 0) is 23.6 Å². The molecule has 17 heavy (non-hydrogen) atoms.